The van der Waals surface area contributed by atoms with Crippen LogP contribution in [0.5, 0.6) is 23.0 Å². The molecule has 4 aromatic heterocycles. The molecule has 0 aliphatic heterocycles. The highest BCUT2D eigenvalue weighted by Crippen LogP contribution is 2.41. The second-order valence-corrected chi connectivity index (χ2v) is 18.7. The molecule has 2 N–H and O–H groups in total. The Bertz CT molecular complexity index is 3450. The number of hydrogen-bond acceptors (Lipinski definition) is 12. The van der Waals surface area contributed by atoms with Gasteiger partial charge in [-0.05, 0) is 133 Å². The van der Waals surface area contributed by atoms with E-state index in [1.165, 1.54) is 0 Å². The van der Waals surface area contributed by atoms with Crippen molar-refractivity contribution in [3.8, 4) is 45.8 Å². The SMILES string of the molecule is Cc1cccc(-c2cccc(COc3c4cccc3Cc3cc(N=Nc5ccccc5)cc(c3O)Cc3cccc(c3OCc3cccc(-c5cccc(C)n5)n3)Cc3cc(N=Nc5ccccc5)cc(c3O)C4)n2)n1. The Morgan fingerprint density at radius 3 is 1.01 bits per heavy atom. The Balaban J connectivity index is 1.05. The molecule has 8 bridgehead atoms. The lowest BCUT2D eigenvalue weighted by molar-refractivity contribution is 0.295. The van der Waals surface area contributed by atoms with E-state index in [1.54, 1.807) is 0 Å². The molecule has 0 radical (unpaired) electrons. The summed E-state index contributed by atoms with van der Waals surface area (Å²) in [6.45, 7) is 4.18. The molecule has 12 heteroatoms. The first-order chi connectivity index (χ1) is 37.2. The van der Waals surface area contributed by atoms with Gasteiger partial charge in [-0.3, -0.25) is 9.97 Å². The van der Waals surface area contributed by atoms with E-state index < -0.39 is 0 Å². The number of azo groups is 2. The second kappa shape index (κ2) is 22.2. The first-order valence-electron chi connectivity index (χ1n) is 25.1. The van der Waals surface area contributed by atoms with Gasteiger partial charge in [0.05, 0.1) is 56.9 Å². The van der Waals surface area contributed by atoms with Gasteiger partial charge in [0.15, 0.2) is 0 Å². The number of nitrogens with zero attached hydrogens (tertiary/aromatic N) is 8. The highest BCUT2D eigenvalue weighted by atomic mass is 16.5. The Morgan fingerprint density at radius 2 is 0.658 bits per heavy atom. The minimum Gasteiger partial charge on any atom is -0.507 e. The Morgan fingerprint density at radius 1 is 0.342 bits per heavy atom. The number of pyridine rings is 4. The lowest BCUT2D eigenvalue weighted by Crippen LogP contribution is -2.07. The molecule has 10 aromatic rings. The highest BCUT2D eigenvalue weighted by molar-refractivity contribution is 5.62. The van der Waals surface area contributed by atoms with E-state index in [9.17, 15) is 10.2 Å². The summed E-state index contributed by atoms with van der Waals surface area (Å²) in [5, 5.41) is 43.7. The molecule has 1 aliphatic carbocycles. The van der Waals surface area contributed by atoms with E-state index in [1.807, 2.05) is 208 Å². The third kappa shape index (κ3) is 11.4. The summed E-state index contributed by atoms with van der Waals surface area (Å²) in [5.41, 5.74) is 14.5. The van der Waals surface area contributed by atoms with Gasteiger partial charge < -0.3 is 19.7 Å². The van der Waals surface area contributed by atoms with Crippen molar-refractivity contribution in [2.45, 2.75) is 52.7 Å². The average molecular weight is 997 g/mol. The zero-order valence-electron chi connectivity index (χ0n) is 42.0. The molecule has 0 fully saturated rings. The van der Waals surface area contributed by atoms with Crippen LogP contribution in [-0.4, -0.2) is 30.1 Å². The van der Waals surface area contributed by atoms with Gasteiger partial charge in [0.25, 0.3) is 0 Å². The van der Waals surface area contributed by atoms with Crippen molar-refractivity contribution < 1.29 is 19.7 Å². The summed E-state index contributed by atoms with van der Waals surface area (Å²) in [6, 6.07) is 62.0. The minimum absolute atomic E-state index is 0.120. The van der Waals surface area contributed by atoms with Crippen molar-refractivity contribution in [2.75, 3.05) is 0 Å². The van der Waals surface area contributed by atoms with Gasteiger partial charge in [-0.15, -0.1) is 0 Å². The molecule has 4 heterocycles. The molecule has 372 valence electrons. The molecule has 0 saturated carbocycles. The molecule has 6 aromatic carbocycles. The number of rotatable bonds is 12. The summed E-state index contributed by atoms with van der Waals surface area (Å²) >= 11 is 0. The summed E-state index contributed by atoms with van der Waals surface area (Å²) in [6.07, 6.45) is 1.06. The Labute approximate surface area is 440 Å². The van der Waals surface area contributed by atoms with Gasteiger partial charge in [-0.2, -0.15) is 20.5 Å². The van der Waals surface area contributed by atoms with Crippen LogP contribution in [-0.2, 0) is 38.9 Å². The third-order valence-corrected chi connectivity index (χ3v) is 13.1. The fraction of sp³-hybridized carbons (Fsp3) is 0.125. The largest absolute Gasteiger partial charge is 0.507 e. The molecule has 0 amide bonds. The third-order valence-electron chi connectivity index (χ3n) is 13.1. The maximum Gasteiger partial charge on any atom is 0.130 e. The van der Waals surface area contributed by atoms with E-state index in [0.717, 1.165) is 56.4 Å². The Hall–Kier alpha value is -9.68. The van der Waals surface area contributed by atoms with Gasteiger partial charge in [-0.1, -0.05) is 97.1 Å². The van der Waals surface area contributed by atoms with Crippen LogP contribution in [0, 0.1) is 13.8 Å². The average Bonchev–Trinajstić information content (AvgIpc) is 3.45. The number of benzene rings is 6. The van der Waals surface area contributed by atoms with E-state index in [4.69, 9.17) is 39.6 Å². The molecular formula is C64H52N8O4. The Kier molecular flexibility index (Phi) is 14.2. The lowest BCUT2D eigenvalue weighted by Gasteiger charge is -2.21. The molecule has 0 saturated heterocycles. The summed E-state index contributed by atoms with van der Waals surface area (Å²) < 4.78 is 13.8. The van der Waals surface area contributed by atoms with Crippen LogP contribution in [0.2, 0.25) is 0 Å². The predicted molar refractivity (Wildman–Crippen MR) is 295 cm³/mol. The van der Waals surface area contributed by atoms with Gasteiger partial charge in [0.1, 0.15) is 36.2 Å². The summed E-state index contributed by atoms with van der Waals surface area (Å²) in [7, 11) is 0. The van der Waals surface area contributed by atoms with Gasteiger partial charge >= 0.3 is 0 Å². The first-order valence-corrected chi connectivity index (χ1v) is 25.1. The molecule has 1 aliphatic rings. The van der Waals surface area contributed by atoms with Crippen molar-refractivity contribution in [1.82, 2.24) is 19.9 Å². The zero-order valence-corrected chi connectivity index (χ0v) is 42.0. The zero-order chi connectivity index (χ0) is 51.8. The minimum atomic E-state index is 0.120. The fourth-order valence-electron chi connectivity index (χ4n) is 9.45. The second-order valence-electron chi connectivity index (χ2n) is 18.7. The summed E-state index contributed by atoms with van der Waals surface area (Å²) in [4.78, 5) is 19.4. The number of aromatic hydroxyl groups is 2. The number of para-hydroxylation sites is 2. The van der Waals surface area contributed by atoms with Crippen LogP contribution in [0.15, 0.2) is 215 Å². The van der Waals surface area contributed by atoms with Crippen molar-refractivity contribution in [3.05, 3.63) is 261 Å². The molecule has 76 heavy (non-hydrogen) atoms. The van der Waals surface area contributed by atoms with Crippen molar-refractivity contribution in [3.63, 3.8) is 0 Å². The van der Waals surface area contributed by atoms with E-state index in [0.29, 0.717) is 67.9 Å². The van der Waals surface area contributed by atoms with Crippen LogP contribution < -0.4 is 9.47 Å². The first kappa shape index (κ1) is 48.6. The highest BCUT2D eigenvalue weighted by Gasteiger charge is 2.23. The van der Waals surface area contributed by atoms with E-state index in [2.05, 4.69) is 10.2 Å². The number of aryl methyl sites for hydroxylation is 2. The van der Waals surface area contributed by atoms with Gasteiger partial charge in [0.2, 0.25) is 0 Å². The van der Waals surface area contributed by atoms with Crippen LogP contribution >= 0.6 is 0 Å². The number of fused-ring (bicyclic) bond motifs is 8. The molecule has 0 unspecified atom stereocenters. The molecule has 0 atom stereocenters. The quantitative estimate of drug-likeness (QED) is 0.114. The van der Waals surface area contributed by atoms with Crippen LogP contribution in [0.1, 0.15) is 67.3 Å². The topological polar surface area (TPSA) is 160 Å². The van der Waals surface area contributed by atoms with Crippen LogP contribution in [0.4, 0.5) is 22.7 Å². The van der Waals surface area contributed by atoms with Crippen LogP contribution in [0.25, 0.3) is 22.8 Å². The monoisotopic (exact) mass is 996 g/mol. The fourth-order valence-corrected chi connectivity index (χ4v) is 9.45. The van der Waals surface area contributed by atoms with Gasteiger partial charge in [0, 0.05) is 59.3 Å². The lowest BCUT2D eigenvalue weighted by atomic mass is 9.91. The number of ether oxygens (including phenoxy) is 2. The maximum absolute atomic E-state index is 12.5. The molecule has 12 nitrogen and oxygen atoms in total. The standard InChI is InChI=1S/C64H52N8O4/c1-41-15-9-27-57(65-41)59-29-13-25-53(67-59)39-75-63-43-17-11-18-44(63)32-48-36-56(72-70-52-23-7-4-8-24-52)38-50(62(48)74)34-46-20-12-19-45(64(46)76-40-54-26-14-30-60(68-54)58-28-10-16-42(2)66-58)33-49-37-55(35-47(31-43)61(49)73)71-69-51-21-5-3-6-22-51/h3-30,35-38,73-74H,31-34,39-40H2,1-2H3. The summed E-state index contributed by atoms with van der Waals surface area (Å²) in [5.74, 6) is 1.44. The maximum atomic E-state index is 12.5. The van der Waals surface area contributed by atoms with Gasteiger partial charge in [-0.25, -0.2) is 9.97 Å². The van der Waals surface area contributed by atoms with Crippen molar-refractivity contribution in [2.24, 2.45) is 20.5 Å². The number of aromatic nitrogens is 4. The number of hydrogen-bond donors (Lipinski definition) is 2. The predicted octanol–water partition coefficient (Wildman–Crippen LogP) is 15.3. The normalized spacial score (nSPS) is 12.2. The van der Waals surface area contributed by atoms with Crippen molar-refractivity contribution in [1.29, 1.82) is 0 Å². The number of phenolic OH excluding ortho intramolecular Hbond substituents is 2. The van der Waals surface area contributed by atoms with Crippen LogP contribution in [0.3, 0.4) is 0 Å². The van der Waals surface area contributed by atoms with E-state index in [-0.39, 0.29) is 50.4 Å². The number of phenols is 2. The molecule has 0 spiro atoms. The molecular weight excluding hydrogens is 945 g/mol. The van der Waals surface area contributed by atoms with Crippen molar-refractivity contribution >= 4 is 22.7 Å². The van der Waals surface area contributed by atoms with E-state index >= 15 is 0 Å². The smallest absolute Gasteiger partial charge is 0.130 e. The molecule has 11 rings (SSSR count).